The Labute approximate surface area is 106 Å². The van der Waals surface area contributed by atoms with Crippen LogP contribution in [0.5, 0.6) is 0 Å². The maximum Gasteiger partial charge on any atom is 0.0992 e. The van der Waals surface area contributed by atoms with Gasteiger partial charge in [0.15, 0.2) is 0 Å². The fourth-order valence-electron chi connectivity index (χ4n) is 1.36. The minimum atomic E-state index is 0.612. The smallest absolute Gasteiger partial charge is 0.0992 e. The molecule has 0 radical (unpaired) electrons. The van der Waals surface area contributed by atoms with Gasteiger partial charge in [-0.1, -0.05) is 17.7 Å². The van der Waals surface area contributed by atoms with E-state index in [1.54, 1.807) is 6.07 Å². The Morgan fingerprint density at radius 3 is 2.81 bits per heavy atom. The molecule has 16 heavy (non-hydrogen) atoms. The number of hydrogen-bond acceptors (Lipinski definition) is 3. The molecule has 0 saturated carbocycles. The molecule has 0 amide bonds. The third-order valence-electron chi connectivity index (χ3n) is 2.30. The normalized spacial score (nSPS) is 10.4. The molecule has 0 saturated heterocycles. The monoisotopic (exact) mass is 254 g/mol. The quantitative estimate of drug-likeness (QED) is 0.808. The first-order chi connectivity index (χ1) is 7.67. The lowest BCUT2D eigenvalue weighted by Crippen LogP contribution is -2.20. The lowest BCUT2D eigenvalue weighted by molar-refractivity contribution is 0.349. The second-order valence-corrected chi connectivity index (χ2v) is 5.04. The van der Waals surface area contributed by atoms with E-state index in [1.807, 2.05) is 23.9 Å². The summed E-state index contributed by atoms with van der Waals surface area (Å²) in [6.07, 6.45) is 2.10. The molecule has 0 aliphatic rings. The molecule has 0 aliphatic heterocycles. The Bertz CT molecular complexity index is 387. The molecule has 0 aromatic heterocycles. The molecule has 0 fully saturated rings. The van der Waals surface area contributed by atoms with Gasteiger partial charge in [-0.05, 0) is 31.0 Å². The molecule has 2 nitrogen and oxygen atoms in total. The number of nitriles is 1. The molecular weight excluding hydrogens is 240 g/mol. The van der Waals surface area contributed by atoms with Gasteiger partial charge in [0.05, 0.1) is 11.6 Å². The van der Waals surface area contributed by atoms with Crippen molar-refractivity contribution < 1.29 is 0 Å². The molecule has 0 aliphatic carbocycles. The molecule has 86 valence electrons. The first kappa shape index (κ1) is 13.4. The molecule has 0 heterocycles. The predicted octanol–water partition coefficient (Wildman–Crippen LogP) is 3.01. The van der Waals surface area contributed by atoms with Gasteiger partial charge >= 0.3 is 0 Å². The predicted molar refractivity (Wildman–Crippen MR) is 70.9 cm³/mol. The van der Waals surface area contributed by atoms with Crippen molar-refractivity contribution in [3.63, 3.8) is 0 Å². The van der Waals surface area contributed by atoms with Gasteiger partial charge in [0.1, 0.15) is 0 Å². The van der Waals surface area contributed by atoms with Gasteiger partial charge in [-0.2, -0.15) is 17.0 Å². The van der Waals surface area contributed by atoms with Gasteiger partial charge in [-0.15, -0.1) is 0 Å². The largest absolute Gasteiger partial charge is 0.301 e. The molecule has 4 heteroatoms. The van der Waals surface area contributed by atoms with Crippen molar-refractivity contribution in [2.75, 3.05) is 25.6 Å². The van der Waals surface area contributed by atoms with Gasteiger partial charge < -0.3 is 4.90 Å². The highest BCUT2D eigenvalue weighted by Gasteiger charge is 2.05. The van der Waals surface area contributed by atoms with Crippen molar-refractivity contribution >= 4 is 23.4 Å². The molecule has 1 rings (SSSR count). The Hall–Kier alpha value is -0.690. The van der Waals surface area contributed by atoms with E-state index >= 15 is 0 Å². The zero-order chi connectivity index (χ0) is 12.0. The zero-order valence-corrected chi connectivity index (χ0v) is 11.1. The summed E-state index contributed by atoms with van der Waals surface area (Å²) >= 11 is 7.94. The van der Waals surface area contributed by atoms with Crippen molar-refractivity contribution in [2.24, 2.45) is 0 Å². The van der Waals surface area contributed by atoms with E-state index in [-0.39, 0.29) is 0 Å². The number of hydrogen-bond donors (Lipinski definition) is 0. The Balaban J connectivity index is 2.64. The van der Waals surface area contributed by atoms with Crippen molar-refractivity contribution in [3.05, 3.63) is 34.3 Å². The topological polar surface area (TPSA) is 27.0 Å². The summed E-state index contributed by atoms with van der Waals surface area (Å²) in [5.41, 5.74) is 1.68. The SMILES string of the molecule is CSCCN(C)Cc1ccc(C#N)cc1Cl. The van der Waals surface area contributed by atoms with Crippen LogP contribution in [-0.4, -0.2) is 30.5 Å². The molecule has 0 atom stereocenters. The van der Waals surface area contributed by atoms with E-state index in [9.17, 15) is 0 Å². The highest BCUT2D eigenvalue weighted by atomic mass is 35.5. The van der Waals surface area contributed by atoms with E-state index in [4.69, 9.17) is 16.9 Å². The second-order valence-electron chi connectivity index (χ2n) is 3.65. The minimum absolute atomic E-state index is 0.612. The van der Waals surface area contributed by atoms with Crippen LogP contribution in [0.15, 0.2) is 18.2 Å². The van der Waals surface area contributed by atoms with Crippen LogP contribution in [0.2, 0.25) is 5.02 Å². The molecule has 0 unspecified atom stereocenters. The molecule has 0 N–H and O–H groups in total. The lowest BCUT2D eigenvalue weighted by atomic mass is 10.1. The summed E-state index contributed by atoms with van der Waals surface area (Å²) in [5.74, 6) is 1.12. The third-order valence-corrected chi connectivity index (χ3v) is 3.24. The first-order valence-corrected chi connectivity index (χ1v) is 6.80. The average molecular weight is 255 g/mol. The summed E-state index contributed by atoms with van der Waals surface area (Å²) in [5, 5.41) is 9.41. The number of rotatable bonds is 5. The molecule has 1 aromatic carbocycles. The number of thioether (sulfide) groups is 1. The summed E-state index contributed by atoms with van der Waals surface area (Å²) < 4.78 is 0. The van der Waals surface area contributed by atoms with Crippen molar-refractivity contribution in [1.29, 1.82) is 5.26 Å². The van der Waals surface area contributed by atoms with E-state index in [1.165, 1.54) is 0 Å². The first-order valence-electron chi connectivity index (χ1n) is 5.03. The molecule has 1 aromatic rings. The van der Waals surface area contributed by atoms with Gasteiger partial charge in [0.2, 0.25) is 0 Å². The number of benzene rings is 1. The van der Waals surface area contributed by atoms with Crippen LogP contribution in [-0.2, 0) is 6.54 Å². The van der Waals surface area contributed by atoms with Crippen LogP contribution < -0.4 is 0 Å². The highest BCUT2D eigenvalue weighted by Crippen LogP contribution is 2.19. The summed E-state index contributed by atoms with van der Waals surface area (Å²) in [6, 6.07) is 7.54. The van der Waals surface area contributed by atoms with Gasteiger partial charge in [0.25, 0.3) is 0 Å². The number of nitrogens with zero attached hydrogens (tertiary/aromatic N) is 2. The van der Waals surface area contributed by atoms with Crippen LogP contribution in [0, 0.1) is 11.3 Å². The fraction of sp³-hybridized carbons (Fsp3) is 0.417. The Morgan fingerprint density at radius 2 is 2.25 bits per heavy atom. The van der Waals surface area contributed by atoms with Crippen LogP contribution >= 0.6 is 23.4 Å². The number of halogens is 1. The minimum Gasteiger partial charge on any atom is -0.301 e. The van der Waals surface area contributed by atoms with E-state index < -0.39 is 0 Å². The molecular formula is C12H15ClN2S. The van der Waals surface area contributed by atoms with Crippen LogP contribution in [0.4, 0.5) is 0 Å². The van der Waals surface area contributed by atoms with E-state index in [2.05, 4.69) is 24.3 Å². The maximum atomic E-state index is 8.73. The molecule has 0 bridgehead atoms. The van der Waals surface area contributed by atoms with Crippen molar-refractivity contribution in [1.82, 2.24) is 4.90 Å². The van der Waals surface area contributed by atoms with Crippen LogP contribution in [0.25, 0.3) is 0 Å². The summed E-state index contributed by atoms with van der Waals surface area (Å²) in [7, 11) is 2.07. The lowest BCUT2D eigenvalue weighted by Gasteiger charge is -2.16. The van der Waals surface area contributed by atoms with Gasteiger partial charge in [0, 0.05) is 23.9 Å². The third kappa shape index (κ3) is 4.05. The van der Waals surface area contributed by atoms with E-state index in [0.717, 1.165) is 24.4 Å². The summed E-state index contributed by atoms with van der Waals surface area (Å²) in [4.78, 5) is 2.23. The average Bonchev–Trinajstić information content (AvgIpc) is 2.29. The van der Waals surface area contributed by atoms with Gasteiger partial charge in [-0.3, -0.25) is 0 Å². The Morgan fingerprint density at radius 1 is 1.50 bits per heavy atom. The van der Waals surface area contributed by atoms with Crippen LogP contribution in [0.3, 0.4) is 0 Å². The fourth-order valence-corrected chi connectivity index (χ4v) is 2.10. The zero-order valence-electron chi connectivity index (χ0n) is 9.53. The van der Waals surface area contributed by atoms with Crippen molar-refractivity contribution in [3.8, 4) is 6.07 Å². The summed E-state index contributed by atoms with van der Waals surface area (Å²) in [6.45, 7) is 1.86. The Kier molecular flexibility index (Phi) is 5.68. The van der Waals surface area contributed by atoms with Crippen molar-refractivity contribution in [2.45, 2.75) is 6.54 Å². The highest BCUT2D eigenvalue weighted by molar-refractivity contribution is 7.98. The van der Waals surface area contributed by atoms with E-state index in [0.29, 0.717) is 10.6 Å². The van der Waals surface area contributed by atoms with Crippen LogP contribution in [0.1, 0.15) is 11.1 Å². The molecule has 0 spiro atoms. The standard InChI is InChI=1S/C12H15ClN2S/c1-15(5-6-16-2)9-11-4-3-10(8-14)7-12(11)13/h3-4,7H,5-6,9H2,1-2H3. The second kappa shape index (κ2) is 6.80. The maximum absolute atomic E-state index is 8.73. The van der Waals surface area contributed by atoms with Gasteiger partial charge in [-0.25, -0.2) is 0 Å².